The fraction of sp³-hybridized carbons (Fsp3) is 0.455. The number of nitrogens with two attached hydrogens (primary N) is 1. The molecule has 0 saturated carbocycles. The van der Waals surface area contributed by atoms with Crippen molar-refractivity contribution >= 4 is 10.8 Å². The first kappa shape index (κ1) is 12.2. The highest BCUT2D eigenvalue weighted by atomic mass is 32.2. The number of hydrogen-bond donors (Lipinski definition) is 1. The fourth-order valence-electron chi connectivity index (χ4n) is 1.22. The molecule has 1 rings (SSSR count). The molecule has 0 aliphatic heterocycles. The summed E-state index contributed by atoms with van der Waals surface area (Å²) in [5, 5.41) is 0. The summed E-state index contributed by atoms with van der Waals surface area (Å²) in [6.07, 6.45) is 0. The molecule has 0 aliphatic rings. The van der Waals surface area contributed by atoms with E-state index in [0.29, 0.717) is 18.0 Å². The predicted molar refractivity (Wildman–Crippen MR) is 62.5 cm³/mol. The lowest BCUT2D eigenvalue weighted by Gasteiger charge is -2.10. The highest BCUT2D eigenvalue weighted by molar-refractivity contribution is 7.85. The maximum atomic E-state index is 12.0. The molecule has 0 fully saturated rings. The lowest BCUT2D eigenvalue weighted by atomic mass is 10.2. The number of para-hydroxylation sites is 1. The zero-order valence-electron chi connectivity index (χ0n) is 9.10. The van der Waals surface area contributed by atoms with Gasteiger partial charge < -0.3 is 10.5 Å². The third-order valence-electron chi connectivity index (χ3n) is 2.15. The van der Waals surface area contributed by atoms with E-state index < -0.39 is 10.8 Å². The van der Waals surface area contributed by atoms with Crippen LogP contribution in [0.4, 0.5) is 0 Å². The topological polar surface area (TPSA) is 52.3 Å². The second-order valence-electron chi connectivity index (χ2n) is 3.50. The highest BCUT2D eigenvalue weighted by Gasteiger charge is 2.12. The summed E-state index contributed by atoms with van der Waals surface area (Å²) < 4.78 is 17.1. The van der Waals surface area contributed by atoms with Crippen LogP contribution in [0.25, 0.3) is 0 Å². The Labute approximate surface area is 93.1 Å². The second-order valence-corrected chi connectivity index (χ2v) is 4.97. The lowest BCUT2D eigenvalue weighted by molar-refractivity contribution is 0.404. The minimum absolute atomic E-state index is 0.260. The first-order chi connectivity index (χ1) is 7.19. The number of ether oxygens (including phenoxy) is 1. The summed E-state index contributed by atoms with van der Waals surface area (Å²) in [6, 6.07) is 7.38. The molecule has 1 aromatic rings. The second kappa shape index (κ2) is 5.88. The van der Waals surface area contributed by atoms with E-state index in [9.17, 15) is 4.21 Å². The van der Waals surface area contributed by atoms with Crippen LogP contribution < -0.4 is 10.5 Å². The van der Waals surface area contributed by atoms with Crippen molar-refractivity contribution in [1.29, 1.82) is 0 Å². The maximum Gasteiger partial charge on any atom is 0.134 e. The summed E-state index contributed by atoms with van der Waals surface area (Å²) in [5.41, 5.74) is 5.50. The molecule has 0 aromatic heterocycles. The van der Waals surface area contributed by atoms with Crippen LogP contribution in [-0.4, -0.2) is 23.6 Å². The minimum Gasteiger partial charge on any atom is -0.495 e. The van der Waals surface area contributed by atoms with Gasteiger partial charge in [-0.15, -0.1) is 0 Å². The molecular weight excluding hydrogens is 210 g/mol. The zero-order valence-corrected chi connectivity index (χ0v) is 9.92. The highest BCUT2D eigenvalue weighted by Crippen LogP contribution is 2.22. The Bertz CT molecular complexity index is 341. The van der Waals surface area contributed by atoms with E-state index in [2.05, 4.69) is 0 Å². The third kappa shape index (κ3) is 3.32. The van der Waals surface area contributed by atoms with Gasteiger partial charge in [0.2, 0.25) is 0 Å². The van der Waals surface area contributed by atoms with Gasteiger partial charge in [0, 0.05) is 5.75 Å². The van der Waals surface area contributed by atoms with Crippen LogP contribution >= 0.6 is 0 Å². The smallest absolute Gasteiger partial charge is 0.134 e. The van der Waals surface area contributed by atoms with E-state index in [1.807, 2.05) is 31.2 Å². The van der Waals surface area contributed by atoms with E-state index in [1.54, 1.807) is 7.11 Å². The molecule has 0 amide bonds. The van der Waals surface area contributed by atoms with E-state index >= 15 is 0 Å². The molecule has 0 saturated heterocycles. The monoisotopic (exact) mass is 227 g/mol. The molecule has 1 aromatic carbocycles. The van der Waals surface area contributed by atoms with Gasteiger partial charge in [0.1, 0.15) is 5.75 Å². The van der Waals surface area contributed by atoms with Gasteiger partial charge in [-0.25, -0.2) is 0 Å². The average molecular weight is 227 g/mol. The first-order valence-corrected chi connectivity index (χ1v) is 6.22. The molecule has 0 aliphatic carbocycles. The summed E-state index contributed by atoms with van der Waals surface area (Å²) in [5.74, 6) is 1.52. The molecule has 0 bridgehead atoms. The number of hydrogen-bond acceptors (Lipinski definition) is 3. The average Bonchev–Trinajstić information content (AvgIpc) is 2.28. The van der Waals surface area contributed by atoms with Crippen LogP contribution in [0.1, 0.15) is 6.92 Å². The summed E-state index contributed by atoms with van der Waals surface area (Å²) in [4.78, 5) is 0.750. The van der Waals surface area contributed by atoms with E-state index in [1.165, 1.54) is 0 Å². The van der Waals surface area contributed by atoms with Gasteiger partial charge >= 0.3 is 0 Å². The van der Waals surface area contributed by atoms with Crippen molar-refractivity contribution in [2.75, 3.05) is 19.4 Å². The van der Waals surface area contributed by atoms with Crippen LogP contribution in [0.3, 0.4) is 0 Å². The third-order valence-corrected chi connectivity index (χ3v) is 3.85. The van der Waals surface area contributed by atoms with E-state index in [-0.39, 0.29) is 5.92 Å². The van der Waals surface area contributed by atoms with Crippen LogP contribution in [0, 0.1) is 5.92 Å². The molecule has 0 spiro atoms. The molecule has 2 N–H and O–H groups in total. The van der Waals surface area contributed by atoms with Crippen molar-refractivity contribution in [3.63, 3.8) is 0 Å². The summed E-state index contributed by atoms with van der Waals surface area (Å²) >= 11 is 0. The number of benzene rings is 1. The van der Waals surface area contributed by atoms with Crippen molar-refractivity contribution in [2.24, 2.45) is 11.7 Å². The molecule has 4 heteroatoms. The van der Waals surface area contributed by atoms with Crippen LogP contribution in [0.2, 0.25) is 0 Å². The van der Waals surface area contributed by atoms with Gasteiger partial charge in [-0.05, 0) is 24.6 Å². The van der Waals surface area contributed by atoms with Crippen molar-refractivity contribution < 1.29 is 8.95 Å². The van der Waals surface area contributed by atoms with Gasteiger partial charge in [0.15, 0.2) is 0 Å². The molecule has 0 heterocycles. The Morgan fingerprint density at radius 3 is 2.73 bits per heavy atom. The van der Waals surface area contributed by atoms with E-state index in [0.717, 1.165) is 4.90 Å². The molecule has 2 unspecified atom stereocenters. The molecule has 2 atom stereocenters. The first-order valence-electron chi connectivity index (χ1n) is 4.90. The van der Waals surface area contributed by atoms with E-state index in [4.69, 9.17) is 10.5 Å². The fourth-order valence-corrected chi connectivity index (χ4v) is 2.66. The number of methoxy groups -OCH3 is 1. The normalized spacial score (nSPS) is 14.6. The van der Waals surface area contributed by atoms with Crippen molar-refractivity contribution in [2.45, 2.75) is 11.8 Å². The van der Waals surface area contributed by atoms with Crippen molar-refractivity contribution in [3.8, 4) is 5.75 Å². The van der Waals surface area contributed by atoms with Crippen molar-refractivity contribution in [3.05, 3.63) is 24.3 Å². The van der Waals surface area contributed by atoms with Crippen LogP contribution in [-0.2, 0) is 10.8 Å². The molecular formula is C11H17NO2S. The van der Waals surface area contributed by atoms with Gasteiger partial charge in [-0.2, -0.15) is 0 Å². The SMILES string of the molecule is COc1ccccc1S(=O)CC(C)CN. The standard InChI is InChI=1S/C11H17NO2S/c1-9(7-12)8-15(13)11-6-4-3-5-10(11)14-2/h3-6,9H,7-8,12H2,1-2H3. The van der Waals surface area contributed by atoms with Crippen molar-refractivity contribution in [1.82, 2.24) is 0 Å². The summed E-state index contributed by atoms with van der Waals surface area (Å²) in [6.45, 7) is 2.55. The molecule has 15 heavy (non-hydrogen) atoms. The molecule has 84 valence electrons. The quantitative estimate of drug-likeness (QED) is 0.827. The van der Waals surface area contributed by atoms with Crippen LogP contribution in [0.5, 0.6) is 5.75 Å². The Morgan fingerprint density at radius 1 is 1.47 bits per heavy atom. The Hall–Kier alpha value is -0.870. The Balaban J connectivity index is 2.81. The maximum absolute atomic E-state index is 12.0. The lowest BCUT2D eigenvalue weighted by Crippen LogP contribution is -2.17. The molecule has 3 nitrogen and oxygen atoms in total. The minimum atomic E-state index is -1.03. The van der Waals surface area contributed by atoms with Gasteiger partial charge in [-0.3, -0.25) is 4.21 Å². The van der Waals surface area contributed by atoms with Crippen LogP contribution in [0.15, 0.2) is 29.2 Å². The summed E-state index contributed by atoms with van der Waals surface area (Å²) in [7, 11) is 0.556. The Kier molecular flexibility index (Phi) is 4.78. The largest absolute Gasteiger partial charge is 0.495 e. The predicted octanol–water partition coefficient (Wildman–Crippen LogP) is 1.40. The van der Waals surface area contributed by atoms with Gasteiger partial charge in [-0.1, -0.05) is 19.1 Å². The van der Waals surface area contributed by atoms with Gasteiger partial charge in [0.25, 0.3) is 0 Å². The van der Waals surface area contributed by atoms with Gasteiger partial charge in [0.05, 0.1) is 22.8 Å². The molecule has 0 radical (unpaired) electrons. The Morgan fingerprint density at radius 2 is 2.13 bits per heavy atom. The number of rotatable bonds is 5. The zero-order chi connectivity index (χ0) is 11.3.